The number of benzene rings is 2. The first-order chi connectivity index (χ1) is 16.2. The first kappa shape index (κ1) is 25.8. The average molecular weight is 465 g/mol. The molecule has 1 fully saturated rings. The second-order valence-electron chi connectivity index (χ2n) is 9.87. The molecule has 5 N–H and O–H groups in total. The van der Waals surface area contributed by atoms with Gasteiger partial charge in [-0.1, -0.05) is 62.4 Å². The van der Waals surface area contributed by atoms with Crippen molar-refractivity contribution in [2.24, 2.45) is 29.2 Å². The molecule has 0 saturated heterocycles. The number of aliphatic carboxylic acids is 1. The predicted octanol–water partition coefficient (Wildman–Crippen LogP) is 4.04. The van der Waals surface area contributed by atoms with Gasteiger partial charge in [0.15, 0.2) is 11.6 Å². The van der Waals surface area contributed by atoms with E-state index < -0.39 is 18.1 Å². The SMILES string of the molecule is CC(C)C1CCC(C(=O)c2cccc(CC(N)C(=O)O)c2C(=O)C(N)Cc2ccccc2)CC1. The molecule has 2 atom stereocenters. The summed E-state index contributed by atoms with van der Waals surface area (Å²) in [4.78, 5) is 38.6. The molecule has 3 rings (SSSR count). The minimum absolute atomic E-state index is 0.0460. The minimum atomic E-state index is -1.18. The number of ketones is 2. The lowest BCUT2D eigenvalue weighted by Gasteiger charge is -2.30. The molecule has 2 unspecified atom stereocenters. The lowest BCUT2D eigenvalue weighted by atomic mass is 9.74. The van der Waals surface area contributed by atoms with Crippen LogP contribution in [0, 0.1) is 17.8 Å². The Morgan fingerprint density at radius 1 is 0.882 bits per heavy atom. The summed E-state index contributed by atoms with van der Waals surface area (Å²) >= 11 is 0. The second kappa shape index (κ2) is 11.5. The Balaban J connectivity index is 1.93. The van der Waals surface area contributed by atoms with Crippen LogP contribution in [0.25, 0.3) is 0 Å². The van der Waals surface area contributed by atoms with Gasteiger partial charge in [0.05, 0.1) is 6.04 Å². The van der Waals surface area contributed by atoms with E-state index in [0.717, 1.165) is 31.2 Å². The van der Waals surface area contributed by atoms with E-state index in [4.69, 9.17) is 11.5 Å². The van der Waals surface area contributed by atoms with Crippen molar-refractivity contribution in [3.05, 3.63) is 70.8 Å². The van der Waals surface area contributed by atoms with Gasteiger partial charge in [-0.3, -0.25) is 14.4 Å². The molecule has 0 amide bonds. The largest absolute Gasteiger partial charge is 0.480 e. The molecule has 0 aromatic heterocycles. The van der Waals surface area contributed by atoms with Crippen LogP contribution in [0.2, 0.25) is 0 Å². The lowest BCUT2D eigenvalue weighted by Crippen LogP contribution is -2.37. The van der Waals surface area contributed by atoms with E-state index in [-0.39, 0.29) is 29.5 Å². The van der Waals surface area contributed by atoms with Gasteiger partial charge in [-0.15, -0.1) is 0 Å². The first-order valence-electron chi connectivity index (χ1n) is 12.2. The van der Waals surface area contributed by atoms with E-state index in [1.807, 2.05) is 30.3 Å². The molecule has 0 radical (unpaired) electrons. The number of nitrogens with two attached hydrogens (primary N) is 2. The van der Waals surface area contributed by atoms with E-state index in [1.54, 1.807) is 18.2 Å². The molecule has 6 heteroatoms. The van der Waals surface area contributed by atoms with Crippen molar-refractivity contribution in [2.45, 2.75) is 64.5 Å². The summed E-state index contributed by atoms with van der Waals surface area (Å²) in [5.41, 5.74) is 14.1. The Bertz CT molecular complexity index is 1010. The maximum atomic E-state index is 13.6. The van der Waals surface area contributed by atoms with E-state index >= 15 is 0 Å². The fourth-order valence-electron chi connectivity index (χ4n) is 5.00. The van der Waals surface area contributed by atoms with Gasteiger partial charge in [0, 0.05) is 17.0 Å². The van der Waals surface area contributed by atoms with Crippen LogP contribution in [-0.2, 0) is 17.6 Å². The van der Waals surface area contributed by atoms with Crippen molar-refractivity contribution in [2.75, 3.05) is 0 Å². The maximum Gasteiger partial charge on any atom is 0.320 e. The van der Waals surface area contributed by atoms with Crippen LogP contribution >= 0.6 is 0 Å². The van der Waals surface area contributed by atoms with Crippen molar-refractivity contribution < 1.29 is 19.5 Å². The van der Waals surface area contributed by atoms with Gasteiger partial charge in [-0.2, -0.15) is 0 Å². The lowest BCUT2D eigenvalue weighted by molar-refractivity contribution is -0.138. The highest BCUT2D eigenvalue weighted by Crippen LogP contribution is 2.35. The molecule has 34 heavy (non-hydrogen) atoms. The topological polar surface area (TPSA) is 123 Å². The normalized spacial score (nSPS) is 20.0. The van der Waals surface area contributed by atoms with E-state index in [0.29, 0.717) is 29.4 Å². The van der Waals surface area contributed by atoms with Crippen molar-refractivity contribution >= 4 is 17.5 Å². The Kier molecular flexibility index (Phi) is 8.75. The van der Waals surface area contributed by atoms with Crippen molar-refractivity contribution in [1.29, 1.82) is 0 Å². The number of Topliss-reactive ketones (excluding diaryl/α,β-unsaturated/α-hetero) is 2. The summed E-state index contributed by atoms with van der Waals surface area (Å²) in [6, 6.07) is 12.5. The molecule has 2 aromatic rings. The van der Waals surface area contributed by atoms with Gasteiger partial charge < -0.3 is 16.6 Å². The van der Waals surface area contributed by atoms with Crippen LogP contribution in [0.1, 0.15) is 71.4 Å². The fraction of sp³-hybridized carbons (Fsp3) is 0.464. The van der Waals surface area contributed by atoms with Gasteiger partial charge in [0.25, 0.3) is 0 Å². The van der Waals surface area contributed by atoms with Crippen LogP contribution in [0.3, 0.4) is 0 Å². The first-order valence-corrected chi connectivity index (χ1v) is 12.2. The minimum Gasteiger partial charge on any atom is -0.480 e. The molecule has 1 saturated carbocycles. The van der Waals surface area contributed by atoms with E-state index in [9.17, 15) is 19.5 Å². The monoisotopic (exact) mass is 464 g/mol. The van der Waals surface area contributed by atoms with Gasteiger partial charge in [-0.25, -0.2) is 0 Å². The highest BCUT2D eigenvalue weighted by Gasteiger charge is 2.32. The molecular formula is C28H36N2O4. The molecule has 1 aliphatic carbocycles. The number of carboxylic acid groups (broad SMARTS) is 1. The summed E-state index contributed by atoms with van der Waals surface area (Å²) < 4.78 is 0. The predicted molar refractivity (Wildman–Crippen MR) is 133 cm³/mol. The zero-order valence-corrected chi connectivity index (χ0v) is 20.1. The number of carbonyl (C=O) groups excluding carboxylic acids is 2. The number of carbonyl (C=O) groups is 3. The maximum absolute atomic E-state index is 13.6. The number of carboxylic acids is 1. The van der Waals surface area contributed by atoms with Gasteiger partial charge in [-0.05, 0) is 61.5 Å². The molecule has 182 valence electrons. The molecule has 2 aromatic carbocycles. The van der Waals surface area contributed by atoms with Crippen LogP contribution in [-0.4, -0.2) is 34.7 Å². The molecular weight excluding hydrogens is 428 g/mol. The summed E-state index contributed by atoms with van der Waals surface area (Å²) in [6.07, 6.45) is 3.86. The van der Waals surface area contributed by atoms with Crippen LogP contribution in [0.4, 0.5) is 0 Å². The van der Waals surface area contributed by atoms with Crippen LogP contribution in [0.5, 0.6) is 0 Å². The standard InChI is InChI=1S/C28H36N2O4/c1-17(2)19-11-13-20(14-12-19)26(31)22-10-6-9-21(16-24(30)28(33)34)25(22)27(32)23(29)15-18-7-4-3-5-8-18/h3-10,17,19-20,23-24H,11-16,29-30H2,1-2H3,(H,33,34). The van der Waals surface area contributed by atoms with Crippen molar-refractivity contribution in [3.63, 3.8) is 0 Å². The summed E-state index contributed by atoms with van der Waals surface area (Å²) in [5, 5.41) is 9.33. The smallest absolute Gasteiger partial charge is 0.320 e. The third kappa shape index (κ3) is 6.19. The number of hydrogen-bond donors (Lipinski definition) is 3. The Morgan fingerprint density at radius 3 is 2.12 bits per heavy atom. The van der Waals surface area contributed by atoms with Gasteiger partial charge in [0.2, 0.25) is 0 Å². The van der Waals surface area contributed by atoms with Crippen molar-refractivity contribution in [1.82, 2.24) is 0 Å². The number of rotatable bonds is 10. The highest BCUT2D eigenvalue weighted by molar-refractivity contribution is 6.12. The molecule has 0 bridgehead atoms. The zero-order valence-electron chi connectivity index (χ0n) is 20.1. The summed E-state index contributed by atoms with van der Waals surface area (Å²) in [6.45, 7) is 4.43. The molecule has 0 heterocycles. The van der Waals surface area contributed by atoms with Crippen LogP contribution in [0.15, 0.2) is 48.5 Å². The second-order valence-corrected chi connectivity index (χ2v) is 9.87. The number of hydrogen-bond acceptors (Lipinski definition) is 5. The highest BCUT2D eigenvalue weighted by atomic mass is 16.4. The fourth-order valence-corrected chi connectivity index (χ4v) is 5.00. The van der Waals surface area contributed by atoms with Gasteiger partial charge in [0.1, 0.15) is 6.04 Å². The van der Waals surface area contributed by atoms with Crippen molar-refractivity contribution in [3.8, 4) is 0 Å². The van der Waals surface area contributed by atoms with E-state index in [2.05, 4.69) is 13.8 Å². The average Bonchev–Trinajstić information content (AvgIpc) is 2.83. The molecule has 0 aliphatic heterocycles. The Morgan fingerprint density at radius 2 is 1.53 bits per heavy atom. The summed E-state index contributed by atoms with van der Waals surface area (Å²) in [5.74, 6) is -0.500. The third-order valence-corrected chi connectivity index (χ3v) is 7.14. The zero-order chi connectivity index (χ0) is 24.8. The Hall–Kier alpha value is -2.83. The Labute approximate surface area is 201 Å². The van der Waals surface area contributed by atoms with E-state index in [1.165, 1.54) is 0 Å². The summed E-state index contributed by atoms with van der Waals surface area (Å²) in [7, 11) is 0. The molecule has 1 aliphatic rings. The quantitative estimate of drug-likeness (QED) is 0.456. The van der Waals surface area contributed by atoms with Crippen LogP contribution < -0.4 is 11.5 Å². The molecule has 0 spiro atoms. The molecule has 6 nitrogen and oxygen atoms in total. The van der Waals surface area contributed by atoms with Gasteiger partial charge >= 0.3 is 5.97 Å². The third-order valence-electron chi connectivity index (χ3n) is 7.14.